The third-order valence-corrected chi connectivity index (χ3v) is 1.84. The second-order valence-corrected chi connectivity index (χ2v) is 2.66. The van der Waals surface area contributed by atoms with Crippen molar-refractivity contribution in [3.05, 3.63) is 0 Å². The zero-order valence-electron chi connectivity index (χ0n) is 6.04. The van der Waals surface area contributed by atoms with Crippen LogP contribution in [0.5, 0.6) is 0 Å². The molecule has 1 fully saturated rings. The van der Waals surface area contributed by atoms with Gasteiger partial charge in [0.25, 0.3) is 0 Å². The Hall–Kier alpha value is -0.120. The molecule has 1 saturated heterocycles. The van der Waals surface area contributed by atoms with Crippen LogP contribution in [-0.2, 0) is 0 Å². The molecule has 1 aliphatic rings. The van der Waals surface area contributed by atoms with Gasteiger partial charge in [-0.25, -0.2) is 10.0 Å². The van der Waals surface area contributed by atoms with Gasteiger partial charge in [0.2, 0.25) is 0 Å². The normalized spacial score (nSPS) is 33.0. The first-order valence-electron chi connectivity index (χ1n) is 3.30. The zero-order valence-corrected chi connectivity index (χ0v) is 6.04. The number of nitrogens with zero attached hydrogens (tertiary/aromatic N) is 2. The number of hydrogen-bond acceptors (Lipinski definition) is 3. The molecule has 3 nitrogen and oxygen atoms in total. The van der Waals surface area contributed by atoms with Crippen LogP contribution in [0.25, 0.3) is 0 Å². The average Bonchev–Trinajstić information content (AvgIpc) is 1.80. The second-order valence-electron chi connectivity index (χ2n) is 2.66. The summed E-state index contributed by atoms with van der Waals surface area (Å²) in [6, 6.07) is 0. The van der Waals surface area contributed by atoms with Crippen LogP contribution in [0, 0.1) is 0 Å². The highest BCUT2D eigenvalue weighted by atomic mass is 16.3. The summed E-state index contributed by atoms with van der Waals surface area (Å²) < 4.78 is 0. The summed E-state index contributed by atoms with van der Waals surface area (Å²) in [4.78, 5) is 0. The van der Waals surface area contributed by atoms with Crippen molar-refractivity contribution in [2.45, 2.75) is 12.5 Å². The molecule has 1 heterocycles. The van der Waals surface area contributed by atoms with E-state index in [1.54, 1.807) is 0 Å². The molecule has 3 heteroatoms. The van der Waals surface area contributed by atoms with E-state index in [9.17, 15) is 0 Å². The maximum atomic E-state index is 9.13. The van der Waals surface area contributed by atoms with Gasteiger partial charge in [-0.15, -0.1) is 0 Å². The highest BCUT2D eigenvalue weighted by Crippen LogP contribution is 2.05. The molecule has 54 valence electrons. The molecule has 0 bridgehead atoms. The molecule has 0 aromatic heterocycles. The minimum atomic E-state index is -0.119. The molecular formula is C6H14N2O. The molecule has 0 aromatic rings. The molecule has 1 aliphatic heterocycles. The quantitative estimate of drug-likeness (QED) is 0.480. The van der Waals surface area contributed by atoms with Crippen molar-refractivity contribution in [2.24, 2.45) is 0 Å². The lowest BCUT2D eigenvalue weighted by molar-refractivity contribution is -0.0577. The van der Waals surface area contributed by atoms with Crippen molar-refractivity contribution in [3.63, 3.8) is 0 Å². The van der Waals surface area contributed by atoms with Crippen molar-refractivity contribution in [2.75, 3.05) is 27.2 Å². The summed E-state index contributed by atoms with van der Waals surface area (Å²) in [7, 11) is 4.02. The minimum Gasteiger partial charge on any atom is -0.392 e. The van der Waals surface area contributed by atoms with Gasteiger partial charge in [0.15, 0.2) is 0 Å². The van der Waals surface area contributed by atoms with Crippen LogP contribution in [0.15, 0.2) is 0 Å². The second kappa shape index (κ2) is 2.64. The van der Waals surface area contributed by atoms with E-state index in [1.807, 2.05) is 19.1 Å². The Labute approximate surface area is 55.8 Å². The maximum absolute atomic E-state index is 9.13. The number of rotatable bonds is 0. The van der Waals surface area contributed by atoms with Crippen molar-refractivity contribution in [3.8, 4) is 0 Å². The van der Waals surface area contributed by atoms with E-state index in [0.29, 0.717) is 0 Å². The van der Waals surface area contributed by atoms with Gasteiger partial charge < -0.3 is 5.11 Å². The average molecular weight is 130 g/mol. The first-order valence-corrected chi connectivity index (χ1v) is 3.30. The van der Waals surface area contributed by atoms with E-state index < -0.39 is 0 Å². The van der Waals surface area contributed by atoms with E-state index in [-0.39, 0.29) is 6.10 Å². The van der Waals surface area contributed by atoms with Gasteiger partial charge in [-0.05, 0) is 6.42 Å². The smallest absolute Gasteiger partial charge is 0.0693 e. The van der Waals surface area contributed by atoms with Gasteiger partial charge in [-0.2, -0.15) is 0 Å². The number of β-amino-alcohol motifs (C(OH)–C–C–N with tert-alkyl or cyclic N) is 1. The molecular weight excluding hydrogens is 116 g/mol. The van der Waals surface area contributed by atoms with E-state index in [0.717, 1.165) is 19.5 Å². The lowest BCUT2D eigenvalue weighted by Gasteiger charge is -2.35. The summed E-state index contributed by atoms with van der Waals surface area (Å²) in [6.45, 7) is 1.74. The molecule has 1 rings (SSSR count). The number of aliphatic hydroxyl groups excluding tert-OH is 1. The monoisotopic (exact) mass is 130 g/mol. The third-order valence-electron chi connectivity index (χ3n) is 1.84. The Balaban J connectivity index is 2.35. The summed E-state index contributed by atoms with van der Waals surface area (Å²) in [5.41, 5.74) is 0. The molecule has 1 unspecified atom stereocenters. The van der Waals surface area contributed by atoms with Crippen molar-refractivity contribution in [1.29, 1.82) is 0 Å². The summed E-state index contributed by atoms with van der Waals surface area (Å²) in [5, 5.41) is 13.3. The van der Waals surface area contributed by atoms with Crippen LogP contribution in [-0.4, -0.2) is 48.4 Å². The lowest BCUT2D eigenvalue weighted by Crippen LogP contribution is -2.47. The number of aliphatic hydroxyl groups is 1. The van der Waals surface area contributed by atoms with Gasteiger partial charge in [0.1, 0.15) is 0 Å². The topological polar surface area (TPSA) is 26.7 Å². The first kappa shape index (κ1) is 6.99. The van der Waals surface area contributed by atoms with Crippen LogP contribution in [0.3, 0.4) is 0 Å². The highest BCUT2D eigenvalue weighted by molar-refractivity contribution is 4.66. The van der Waals surface area contributed by atoms with Crippen LogP contribution in [0.4, 0.5) is 0 Å². The van der Waals surface area contributed by atoms with Crippen molar-refractivity contribution in [1.82, 2.24) is 10.0 Å². The summed E-state index contributed by atoms with van der Waals surface area (Å²) in [6.07, 6.45) is 0.784. The Kier molecular flexibility index (Phi) is 2.05. The molecule has 1 atom stereocenters. The van der Waals surface area contributed by atoms with Gasteiger partial charge in [0, 0.05) is 27.2 Å². The molecule has 0 aromatic carbocycles. The Morgan fingerprint density at radius 2 is 2.00 bits per heavy atom. The molecule has 0 saturated carbocycles. The largest absolute Gasteiger partial charge is 0.392 e. The standard InChI is InChI=1S/C6H14N2O/c1-7-4-3-6(9)5-8(7)2/h6,9H,3-5H2,1-2H3. The van der Waals surface area contributed by atoms with Gasteiger partial charge in [-0.3, -0.25) is 0 Å². The fourth-order valence-electron chi connectivity index (χ4n) is 1.04. The molecule has 0 aliphatic carbocycles. The summed E-state index contributed by atoms with van der Waals surface area (Å²) in [5.74, 6) is 0. The van der Waals surface area contributed by atoms with Crippen LogP contribution in [0.1, 0.15) is 6.42 Å². The molecule has 0 amide bonds. The Bertz CT molecular complexity index is 97.1. The predicted octanol–water partition coefficient (Wildman–Crippen LogP) is -0.470. The SMILES string of the molecule is CN1CCC(O)CN1C. The minimum absolute atomic E-state index is 0.119. The van der Waals surface area contributed by atoms with Crippen LogP contribution in [0.2, 0.25) is 0 Å². The van der Waals surface area contributed by atoms with E-state index in [1.165, 1.54) is 0 Å². The lowest BCUT2D eigenvalue weighted by atomic mass is 10.2. The van der Waals surface area contributed by atoms with Gasteiger partial charge in [-0.1, -0.05) is 0 Å². The van der Waals surface area contributed by atoms with Crippen LogP contribution < -0.4 is 0 Å². The van der Waals surface area contributed by atoms with Crippen molar-refractivity contribution < 1.29 is 5.11 Å². The van der Waals surface area contributed by atoms with Crippen LogP contribution >= 0.6 is 0 Å². The Morgan fingerprint density at radius 3 is 2.44 bits per heavy atom. The first-order chi connectivity index (χ1) is 4.20. The highest BCUT2D eigenvalue weighted by Gasteiger charge is 2.17. The molecule has 0 spiro atoms. The molecule has 1 N–H and O–H groups in total. The van der Waals surface area contributed by atoms with E-state index in [4.69, 9.17) is 5.11 Å². The van der Waals surface area contributed by atoms with Gasteiger partial charge >= 0.3 is 0 Å². The predicted molar refractivity (Wildman–Crippen MR) is 35.9 cm³/mol. The van der Waals surface area contributed by atoms with E-state index >= 15 is 0 Å². The van der Waals surface area contributed by atoms with Crippen molar-refractivity contribution >= 4 is 0 Å². The zero-order chi connectivity index (χ0) is 6.85. The van der Waals surface area contributed by atoms with Gasteiger partial charge in [0.05, 0.1) is 6.10 Å². The maximum Gasteiger partial charge on any atom is 0.0693 e. The number of hydrazine groups is 1. The fourth-order valence-corrected chi connectivity index (χ4v) is 1.04. The summed E-state index contributed by atoms with van der Waals surface area (Å²) >= 11 is 0. The third kappa shape index (κ3) is 1.64. The molecule has 9 heavy (non-hydrogen) atoms. The fraction of sp³-hybridized carbons (Fsp3) is 1.00. The molecule has 0 radical (unpaired) electrons. The number of hydrogen-bond donors (Lipinski definition) is 1. The Morgan fingerprint density at radius 1 is 1.33 bits per heavy atom. The number of likely N-dealkylation sites (N-methyl/N-ethyl adjacent to an activating group) is 1. The van der Waals surface area contributed by atoms with E-state index in [2.05, 4.69) is 5.01 Å².